The third-order valence-corrected chi connectivity index (χ3v) is 4.39. The molecule has 0 atom stereocenters. The van der Waals surface area contributed by atoms with E-state index in [4.69, 9.17) is 9.47 Å². The van der Waals surface area contributed by atoms with Gasteiger partial charge in [-0.1, -0.05) is 13.0 Å². The summed E-state index contributed by atoms with van der Waals surface area (Å²) in [6, 6.07) is 7.61. The van der Waals surface area contributed by atoms with E-state index in [1.807, 2.05) is 32.0 Å². The normalized spacial score (nSPS) is 14.8. The zero-order valence-corrected chi connectivity index (χ0v) is 16.6. The quantitative estimate of drug-likeness (QED) is 0.813. The molecule has 8 heteroatoms. The Morgan fingerprint density at radius 1 is 1.25 bits per heavy atom. The summed E-state index contributed by atoms with van der Waals surface area (Å²) in [4.78, 5) is 26.6. The van der Waals surface area contributed by atoms with Gasteiger partial charge >= 0.3 is 6.09 Å². The number of hydrogen-bond donors (Lipinski definition) is 1. The largest absolute Gasteiger partial charge is 0.474 e. The van der Waals surface area contributed by atoms with Gasteiger partial charge in [0.15, 0.2) is 0 Å². The summed E-state index contributed by atoms with van der Waals surface area (Å²) in [6.45, 7) is 6.99. The van der Waals surface area contributed by atoms with Crippen LogP contribution in [0.3, 0.4) is 0 Å². The molecule has 8 nitrogen and oxygen atoms in total. The van der Waals surface area contributed by atoms with Crippen molar-refractivity contribution >= 4 is 17.7 Å². The molecule has 2 aromatic rings. The number of nitrogens with zero attached hydrogens (tertiary/aromatic N) is 4. The lowest BCUT2D eigenvalue weighted by Gasteiger charge is -2.31. The fourth-order valence-corrected chi connectivity index (χ4v) is 2.95. The third kappa shape index (κ3) is 5.55. The third-order valence-electron chi connectivity index (χ3n) is 4.39. The van der Waals surface area contributed by atoms with Crippen LogP contribution in [-0.2, 0) is 11.2 Å². The smallest absolute Gasteiger partial charge is 0.410 e. The first-order valence-corrected chi connectivity index (χ1v) is 9.70. The van der Waals surface area contributed by atoms with Crippen LogP contribution in [0.15, 0.2) is 30.6 Å². The Bertz CT molecular complexity index is 791. The van der Waals surface area contributed by atoms with Gasteiger partial charge in [-0.15, -0.1) is 0 Å². The van der Waals surface area contributed by atoms with Crippen molar-refractivity contribution in [2.24, 2.45) is 0 Å². The molecule has 1 amide bonds. The highest BCUT2D eigenvalue weighted by Gasteiger charge is 2.25. The van der Waals surface area contributed by atoms with E-state index in [0.717, 1.165) is 30.8 Å². The van der Waals surface area contributed by atoms with Gasteiger partial charge in [0.25, 0.3) is 0 Å². The molecule has 1 N–H and O–H groups in total. The average molecular weight is 385 g/mol. The minimum Gasteiger partial charge on any atom is -0.474 e. The predicted octanol–water partition coefficient (Wildman–Crippen LogP) is 3.57. The number of carbonyl (C=O) groups is 1. The first-order chi connectivity index (χ1) is 13.5. The zero-order valence-electron chi connectivity index (χ0n) is 16.6. The maximum absolute atomic E-state index is 12.0. The first-order valence-electron chi connectivity index (χ1n) is 9.70. The Morgan fingerprint density at radius 2 is 2.04 bits per heavy atom. The van der Waals surface area contributed by atoms with Crippen molar-refractivity contribution < 1.29 is 14.3 Å². The minimum atomic E-state index is -0.260. The highest BCUT2D eigenvalue weighted by molar-refractivity contribution is 5.67. The summed E-state index contributed by atoms with van der Waals surface area (Å²) in [5.74, 6) is 1.87. The average Bonchev–Trinajstić information content (AvgIpc) is 2.68. The van der Waals surface area contributed by atoms with Crippen molar-refractivity contribution in [2.75, 3.05) is 18.4 Å². The summed E-state index contributed by atoms with van der Waals surface area (Å²) in [6.07, 6.45) is 3.45. The van der Waals surface area contributed by atoms with E-state index < -0.39 is 0 Å². The highest BCUT2D eigenvalue weighted by atomic mass is 16.6. The molecule has 150 valence electrons. The van der Waals surface area contributed by atoms with Gasteiger partial charge in [-0.05, 0) is 32.4 Å². The molecule has 1 saturated heterocycles. The van der Waals surface area contributed by atoms with E-state index in [2.05, 4.69) is 27.2 Å². The highest BCUT2D eigenvalue weighted by Crippen LogP contribution is 2.21. The summed E-state index contributed by atoms with van der Waals surface area (Å²) in [7, 11) is 0. The van der Waals surface area contributed by atoms with E-state index in [1.54, 1.807) is 11.0 Å². The van der Waals surface area contributed by atoms with E-state index in [9.17, 15) is 4.79 Å². The molecule has 3 heterocycles. The van der Waals surface area contributed by atoms with Crippen LogP contribution in [0, 0.1) is 0 Å². The molecule has 0 spiro atoms. The second-order valence-corrected chi connectivity index (χ2v) is 6.97. The van der Waals surface area contributed by atoms with Crippen LogP contribution in [0.25, 0.3) is 0 Å². The van der Waals surface area contributed by atoms with Gasteiger partial charge in [0.05, 0.1) is 6.10 Å². The van der Waals surface area contributed by atoms with Crippen molar-refractivity contribution in [1.82, 2.24) is 19.9 Å². The predicted molar refractivity (Wildman–Crippen MR) is 106 cm³/mol. The van der Waals surface area contributed by atoms with Gasteiger partial charge < -0.3 is 19.7 Å². The molecular formula is C20H27N5O3. The van der Waals surface area contributed by atoms with E-state index in [1.165, 1.54) is 6.33 Å². The topological polar surface area (TPSA) is 89.5 Å². The van der Waals surface area contributed by atoms with E-state index in [-0.39, 0.29) is 18.3 Å². The van der Waals surface area contributed by atoms with Crippen molar-refractivity contribution in [3.8, 4) is 5.88 Å². The van der Waals surface area contributed by atoms with Gasteiger partial charge in [-0.2, -0.15) is 0 Å². The molecule has 28 heavy (non-hydrogen) atoms. The van der Waals surface area contributed by atoms with E-state index in [0.29, 0.717) is 24.8 Å². The number of aromatic nitrogens is 3. The monoisotopic (exact) mass is 385 g/mol. The second-order valence-electron chi connectivity index (χ2n) is 6.97. The maximum Gasteiger partial charge on any atom is 0.410 e. The Hall–Kier alpha value is -2.90. The van der Waals surface area contributed by atoms with Gasteiger partial charge in [0, 0.05) is 37.7 Å². The number of anilines is 2. The molecule has 0 aliphatic carbocycles. The summed E-state index contributed by atoms with van der Waals surface area (Å²) >= 11 is 0. The number of ether oxygens (including phenoxy) is 2. The fourth-order valence-electron chi connectivity index (χ4n) is 2.95. The van der Waals surface area contributed by atoms with Crippen LogP contribution in [0.1, 0.15) is 39.3 Å². The molecule has 0 saturated carbocycles. The van der Waals surface area contributed by atoms with Crippen LogP contribution >= 0.6 is 0 Å². The van der Waals surface area contributed by atoms with Gasteiger partial charge in [0.2, 0.25) is 5.88 Å². The van der Waals surface area contributed by atoms with Crippen LogP contribution in [0.2, 0.25) is 0 Å². The molecule has 3 rings (SSSR count). The van der Waals surface area contributed by atoms with Crippen molar-refractivity contribution in [3.05, 3.63) is 36.3 Å². The summed E-state index contributed by atoms with van der Waals surface area (Å²) < 4.78 is 11.2. The maximum atomic E-state index is 12.0. The number of aryl methyl sites for hydroxylation is 1. The number of nitrogens with one attached hydrogen (secondary N) is 1. The lowest BCUT2D eigenvalue weighted by molar-refractivity contribution is 0.0507. The fraction of sp³-hybridized carbons (Fsp3) is 0.500. The molecule has 2 aromatic heterocycles. The number of amides is 1. The van der Waals surface area contributed by atoms with Crippen LogP contribution in [0.5, 0.6) is 5.88 Å². The molecular weight excluding hydrogens is 358 g/mol. The van der Waals surface area contributed by atoms with Gasteiger partial charge in [-0.25, -0.2) is 19.7 Å². The summed E-state index contributed by atoms with van der Waals surface area (Å²) in [5.41, 5.74) is 1.01. The van der Waals surface area contributed by atoms with Gasteiger partial charge in [-0.3, -0.25) is 0 Å². The van der Waals surface area contributed by atoms with E-state index >= 15 is 0 Å². The molecule has 0 aromatic carbocycles. The lowest BCUT2D eigenvalue weighted by atomic mass is 10.1. The van der Waals surface area contributed by atoms with Crippen molar-refractivity contribution in [2.45, 2.75) is 52.2 Å². The number of piperidine rings is 1. The molecule has 0 unspecified atom stereocenters. The molecule has 1 fully saturated rings. The molecule has 0 radical (unpaired) electrons. The number of pyridine rings is 1. The molecule has 0 bridgehead atoms. The first kappa shape index (κ1) is 19.9. The number of likely N-dealkylation sites (tertiary alicyclic amines) is 1. The van der Waals surface area contributed by atoms with Crippen LogP contribution < -0.4 is 10.1 Å². The molecule has 1 aliphatic rings. The Morgan fingerprint density at radius 3 is 2.75 bits per heavy atom. The Balaban J connectivity index is 1.54. The summed E-state index contributed by atoms with van der Waals surface area (Å²) in [5, 5.41) is 3.18. The molecule has 1 aliphatic heterocycles. The van der Waals surface area contributed by atoms with Crippen LogP contribution in [-0.4, -0.2) is 51.2 Å². The van der Waals surface area contributed by atoms with Crippen molar-refractivity contribution in [3.63, 3.8) is 0 Å². The number of hydrogen-bond acceptors (Lipinski definition) is 7. The van der Waals surface area contributed by atoms with Crippen LogP contribution in [0.4, 0.5) is 16.4 Å². The number of rotatable bonds is 6. The minimum absolute atomic E-state index is 0.00685. The Kier molecular flexibility index (Phi) is 6.62. The van der Waals surface area contributed by atoms with Gasteiger partial charge in [0.1, 0.15) is 24.1 Å². The standard InChI is InChI=1S/C20H27N5O3/c1-4-15-6-5-7-17(23-15)24-18-12-19(22-13-21-18)28-16-8-10-25(11-9-16)20(26)27-14(2)3/h5-7,12-14,16H,4,8-11H2,1-3H3,(H,21,22,23,24). The SMILES string of the molecule is CCc1cccc(Nc2cc(OC3CCN(C(=O)OC(C)C)CC3)ncn2)n1. The Labute approximate surface area is 165 Å². The lowest BCUT2D eigenvalue weighted by Crippen LogP contribution is -2.42. The number of carbonyl (C=O) groups excluding carboxylic acids is 1. The second kappa shape index (κ2) is 9.34. The van der Waals surface area contributed by atoms with Crippen molar-refractivity contribution in [1.29, 1.82) is 0 Å². The zero-order chi connectivity index (χ0) is 19.9.